The van der Waals surface area contributed by atoms with E-state index in [1.807, 2.05) is 48.5 Å². The average molecular weight is 378 g/mol. The number of carbonyl (C=O) groups excluding carboxylic acids is 1. The highest BCUT2D eigenvalue weighted by molar-refractivity contribution is 5.77. The fourth-order valence-corrected chi connectivity index (χ4v) is 2.41. The van der Waals surface area contributed by atoms with Gasteiger partial charge in [-0.25, -0.2) is 4.98 Å². The van der Waals surface area contributed by atoms with Crippen LogP contribution < -0.4 is 19.5 Å². The van der Waals surface area contributed by atoms with Gasteiger partial charge in [0.05, 0.1) is 7.11 Å². The number of rotatable bonds is 9. The number of amides is 1. The van der Waals surface area contributed by atoms with Gasteiger partial charge < -0.3 is 19.5 Å². The summed E-state index contributed by atoms with van der Waals surface area (Å²) in [6.45, 7) is 0.822. The maximum Gasteiger partial charge on any atom is 0.258 e. The van der Waals surface area contributed by atoms with E-state index in [0.29, 0.717) is 24.8 Å². The molecule has 0 atom stereocenters. The zero-order chi connectivity index (χ0) is 19.6. The Morgan fingerprint density at radius 1 is 0.893 bits per heavy atom. The molecule has 0 saturated carbocycles. The van der Waals surface area contributed by atoms with E-state index in [-0.39, 0.29) is 12.5 Å². The van der Waals surface area contributed by atoms with Crippen molar-refractivity contribution in [3.8, 4) is 17.4 Å². The van der Waals surface area contributed by atoms with Gasteiger partial charge in [-0.05, 0) is 35.4 Å². The molecule has 0 fully saturated rings. The molecule has 0 unspecified atom stereocenters. The van der Waals surface area contributed by atoms with Gasteiger partial charge in [0.25, 0.3) is 5.91 Å². The quantitative estimate of drug-likeness (QED) is 0.618. The third-order valence-corrected chi connectivity index (χ3v) is 3.94. The van der Waals surface area contributed by atoms with Crippen LogP contribution in [0.4, 0.5) is 0 Å². The molecule has 0 saturated heterocycles. The molecule has 6 nitrogen and oxygen atoms in total. The topological polar surface area (TPSA) is 69.7 Å². The predicted octanol–water partition coefficient (Wildman–Crippen LogP) is 3.36. The van der Waals surface area contributed by atoms with Crippen LogP contribution >= 0.6 is 0 Å². The lowest BCUT2D eigenvalue weighted by molar-refractivity contribution is -0.123. The molecule has 3 aromatic rings. The van der Waals surface area contributed by atoms with Gasteiger partial charge in [0.15, 0.2) is 6.61 Å². The van der Waals surface area contributed by atoms with Crippen LogP contribution in [0.5, 0.6) is 17.4 Å². The summed E-state index contributed by atoms with van der Waals surface area (Å²) in [6.07, 6.45) is 1.66. The van der Waals surface area contributed by atoms with Crippen LogP contribution in [0.1, 0.15) is 11.1 Å². The fourth-order valence-electron chi connectivity index (χ4n) is 2.41. The van der Waals surface area contributed by atoms with E-state index in [4.69, 9.17) is 14.2 Å². The summed E-state index contributed by atoms with van der Waals surface area (Å²) in [5.74, 6) is 1.68. The number of hydrogen-bond donors (Lipinski definition) is 1. The number of ether oxygens (including phenoxy) is 3. The van der Waals surface area contributed by atoms with E-state index in [1.54, 1.807) is 31.5 Å². The van der Waals surface area contributed by atoms with E-state index >= 15 is 0 Å². The molecular formula is C22H22N2O4. The van der Waals surface area contributed by atoms with E-state index in [2.05, 4.69) is 10.3 Å². The van der Waals surface area contributed by atoms with E-state index in [1.165, 1.54) is 0 Å². The molecule has 0 aliphatic rings. The molecule has 3 rings (SSSR count). The van der Waals surface area contributed by atoms with Gasteiger partial charge in [-0.2, -0.15) is 0 Å². The molecule has 2 aromatic carbocycles. The first-order chi connectivity index (χ1) is 13.7. The molecule has 1 aromatic heterocycles. The van der Waals surface area contributed by atoms with Crippen molar-refractivity contribution in [2.24, 2.45) is 0 Å². The van der Waals surface area contributed by atoms with Crippen molar-refractivity contribution in [3.63, 3.8) is 0 Å². The molecule has 0 aliphatic heterocycles. The van der Waals surface area contributed by atoms with Crippen LogP contribution in [0.3, 0.4) is 0 Å². The number of carbonyl (C=O) groups is 1. The van der Waals surface area contributed by atoms with Crippen molar-refractivity contribution in [1.29, 1.82) is 0 Å². The first-order valence-corrected chi connectivity index (χ1v) is 8.88. The van der Waals surface area contributed by atoms with Crippen LogP contribution in [0.25, 0.3) is 0 Å². The Morgan fingerprint density at radius 3 is 2.25 bits per heavy atom. The second kappa shape index (κ2) is 9.97. The van der Waals surface area contributed by atoms with Crippen LogP contribution in [0, 0.1) is 0 Å². The summed E-state index contributed by atoms with van der Waals surface area (Å²) in [5.41, 5.74) is 1.99. The number of benzene rings is 2. The van der Waals surface area contributed by atoms with Crippen molar-refractivity contribution >= 4 is 5.91 Å². The summed E-state index contributed by atoms with van der Waals surface area (Å²) in [7, 11) is 1.56. The molecule has 6 heteroatoms. The van der Waals surface area contributed by atoms with Gasteiger partial charge in [-0.3, -0.25) is 4.79 Å². The first kappa shape index (κ1) is 19.2. The molecule has 1 N–H and O–H groups in total. The van der Waals surface area contributed by atoms with Gasteiger partial charge in [-0.15, -0.1) is 0 Å². The minimum atomic E-state index is -0.208. The number of nitrogens with zero attached hydrogens (tertiary/aromatic N) is 1. The highest BCUT2D eigenvalue weighted by Crippen LogP contribution is 2.18. The Balaban J connectivity index is 1.39. The summed E-state index contributed by atoms with van der Waals surface area (Å²) in [4.78, 5) is 16.0. The lowest BCUT2D eigenvalue weighted by Gasteiger charge is -2.09. The molecular weight excluding hydrogens is 356 g/mol. The molecule has 0 bridgehead atoms. The van der Waals surface area contributed by atoms with Crippen molar-refractivity contribution in [1.82, 2.24) is 10.3 Å². The minimum Gasteiger partial charge on any atom is -0.489 e. The van der Waals surface area contributed by atoms with Gasteiger partial charge in [0.2, 0.25) is 5.88 Å². The van der Waals surface area contributed by atoms with Crippen molar-refractivity contribution in [3.05, 3.63) is 84.1 Å². The van der Waals surface area contributed by atoms with Gasteiger partial charge in [-0.1, -0.05) is 36.4 Å². The Labute approximate surface area is 164 Å². The normalized spacial score (nSPS) is 10.2. The smallest absolute Gasteiger partial charge is 0.258 e. The lowest BCUT2D eigenvalue weighted by atomic mass is 10.2. The monoisotopic (exact) mass is 378 g/mol. The van der Waals surface area contributed by atoms with Gasteiger partial charge in [0, 0.05) is 18.8 Å². The van der Waals surface area contributed by atoms with Crippen molar-refractivity contribution < 1.29 is 19.0 Å². The number of aromatic nitrogens is 1. The molecule has 0 spiro atoms. The van der Waals surface area contributed by atoms with Gasteiger partial charge >= 0.3 is 0 Å². The van der Waals surface area contributed by atoms with Gasteiger partial charge in [0.1, 0.15) is 18.1 Å². The largest absolute Gasteiger partial charge is 0.489 e. The molecule has 1 amide bonds. The Kier molecular flexibility index (Phi) is 6.84. The fraction of sp³-hybridized carbons (Fsp3) is 0.182. The third kappa shape index (κ3) is 6.02. The number of nitrogens with one attached hydrogen (secondary N) is 1. The molecule has 0 radical (unpaired) electrons. The Hall–Kier alpha value is -3.54. The minimum absolute atomic E-state index is 0.0617. The zero-order valence-corrected chi connectivity index (χ0v) is 15.6. The van der Waals surface area contributed by atoms with Crippen LogP contribution in [-0.2, 0) is 17.9 Å². The van der Waals surface area contributed by atoms with Crippen molar-refractivity contribution in [2.75, 3.05) is 13.7 Å². The second-order valence-electron chi connectivity index (χ2n) is 6.02. The summed E-state index contributed by atoms with van der Waals surface area (Å²) in [5, 5.41) is 2.79. The SMILES string of the molecule is COc1ccc(CNC(=O)COc2ccc(OCc3ccccc3)cc2)cn1. The van der Waals surface area contributed by atoms with Crippen LogP contribution in [0.15, 0.2) is 72.9 Å². The third-order valence-electron chi connectivity index (χ3n) is 3.94. The number of hydrogen-bond acceptors (Lipinski definition) is 5. The maximum absolute atomic E-state index is 11.9. The van der Waals surface area contributed by atoms with E-state index in [0.717, 1.165) is 16.9 Å². The highest BCUT2D eigenvalue weighted by Gasteiger charge is 2.04. The summed E-state index contributed by atoms with van der Waals surface area (Å²) < 4.78 is 16.2. The first-order valence-electron chi connectivity index (χ1n) is 8.88. The highest BCUT2D eigenvalue weighted by atomic mass is 16.5. The number of methoxy groups -OCH3 is 1. The predicted molar refractivity (Wildman–Crippen MR) is 105 cm³/mol. The van der Waals surface area contributed by atoms with E-state index in [9.17, 15) is 4.79 Å². The molecule has 28 heavy (non-hydrogen) atoms. The molecule has 0 aliphatic carbocycles. The lowest BCUT2D eigenvalue weighted by Crippen LogP contribution is -2.28. The number of pyridine rings is 1. The molecule has 1 heterocycles. The Morgan fingerprint density at radius 2 is 1.61 bits per heavy atom. The van der Waals surface area contributed by atoms with Crippen LogP contribution in [0.2, 0.25) is 0 Å². The van der Waals surface area contributed by atoms with Crippen molar-refractivity contribution in [2.45, 2.75) is 13.2 Å². The Bertz CT molecular complexity index is 865. The standard InChI is InChI=1S/C22H22N2O4/c1-26-22-12-7-18(14-24-22)13-23-21(25)16-28-20-10-8-19(9-11-20)27-15-17-5-3-2-4-6-17/h2-12,14H,13,15-16H2,1H3,(H,23,25). The summed E-state index contributed by atoms with van der Waals surface area (Å²) in [6, 6.07) is 20.7. The molecule has 144 valence electrons. The van der Waals surface area contributed by atoms with Crippen LogP contribution in [-0.4, -0.2) is 24.6 Å². The van der Waals surface area contributed by atoms with E-state index < -0.39 is 0 Å². The average Bonchev–Trinajstić information content (AvgIpc) is 2.76. The summed E-state index contributed by atoms with van der Waals surface area (Å²) >= 11 is 0. The maximum atomic E-state index is 11.9. The zero-order valence-electron chi connectivity index (χ0n) is 15.6. The second-order valence-corrected chi connectivity index (χ2v) is 6.02.